The summed E-state index contributed by atoms with van der Waals surface area (Å²) in [5.74, 6) is -2.60. The number of rotatable bonds is 11. The summed E-state index contributed by atoms with van der Waals surface area (Å²) in [5, 5.41) is 4.98. The third kappa shape index (κ3) is 6.87. The Morgan fingerprint density at radius 3 is 1.84 bits per heavy atom. The van der Waals surface area contributed by atoms with E-state index in [1.807, 2.05) is 60.7 Å². The monoisotopic (exact) mass is 617 g/mol. The minimum atomic E-state index is -1.32. The van der Waals surface area contributed by atoms with Crippen LogP contribution < -0.4 is 10.6 Å². The quantitative estimate of drug-likeness (QED) is 0.164. The molecule has 2 N–H and O–H groups in total. The minimum Gasteiger partial charge on any atom is -0.452 e. The number of carbonyl (C=O) groups is 7. The first kappa shape index (κ1) is 31.4. The molecule has 0 bridgehead atoms. The normalized spacial score (nSPS) is 19.4. The van der Waals surface area contributed by atoms with Crippen molar-refractivity contribution in [3.63, 3.8) is 0 Å². The van der Waals surface area contributed by atoms with Crippen molar-refractivity contribution in [3.8, 4) is 0 Å². The lowest BCUT2D eigenvalue weighted by Gasteiger charge is -2.35. The highest BCUT2D eigenvalue weighted by atomic mass is 16.5. The lowest BCUT2D eigenvalue weighted by Crippen LogP contribution is -2.50. The fourth-order valence-corrected chi connectivity index (χ4v) is 5.83. The average molecular weight is 618 g/mol. The Labute approximate surface area is 259 Å². The van der Waals surface area contributed by atoms with Crippen LogP contribution in [0.2, 0.25) is 0 Å². The van der Waals surface area contributed by atoms with Crippen molar-refractivity contribution in [2.75, 3.05) is 32.7 Å². The number of benzene rings is 2. The van der Waals surface area contributed by atoms with Gasteiger partial charge in [0.25, 0.3) is 11.8 Å². The first-order valence-corrected chi connectivity index (χ1v) is 15.0. The summed E-state index contributed by atoms with van der Waals surface area (Å²) in [6, 6.07) is 17.8. The highest BCUT2D eigenvalue weighted by Gasteiger charge is 2.53. The van der Waals surface area contributed by atoms with Gasteiger partial charge in [0, 0.05) is 45.6 Å². The molecule has 3 aliphatic heterocycles. The van der Waals surface area contributed by atoms with Gasteiger partial charge in [-0.3, -0.25) is 39.0 Å². The van der Waals surface area contributed by atoms with Gasteiger partial charge in [0.15, 0.2) is 11.6 Å². The molecule has 0 spiro atoms. The number of hydrogen-bond acceptors (Lipinski definition) is 8. The SMILES string of the molecule is O=C1CC(OC(=O)CCC(=O)N2CCN(C(=O)CCCCN3C(=O)NC(c4ccccc4)(c4ccccc4)C3=O)CC2)C(=O)N1. The standard InChI is InChI=1S/C32H35N5O8/c38-25-21-24(29(42)33-25)45-28(41)15-14-27(40)36-19-17-35(18-20-36)26(39)13-7-8-16-37-30(43)32(34-31(37)44,22-9-3-1-4-10-22)23-11-5-2-6-12-23/h1-6,9-12,24H,7-8,13-21H2,(H,34,44)(H,33,38,42). The predicted octanol–water partition coefficient (Wildman–Crippen LogP) is 1.06. The molecule has 7 amide bonds. The number of ether oxygens (including phenoxy) is 1. The van der Waals surface area contributed by atoms with Gasteiger partial charge in [0.05, 0.1) is 12.8 Å². The number of unbranched alkanes of at least 4 members (excludes halogenated alkanes) is 1. The van der Waals surface area contributed by atoms with Crippen molar-refractivity contribution < 1.29 is 38.3 Å². The number of carbonyl (C=O) groups excluding carboxylic acids is 7. The van der Waals surface area contributed by atoms with Gasteiger partial charge in [0.1, 0.15) is 0 Å². The van der Waals surface area contributed by atoms with E-state index in [1.165, 1.54) is 4.90 Å². The fraction of sp³-hybridized carbons (Fsp3) is 0.406. The molecule has 3 aliphatic rings. The number of nitrogens with one attached hydrogen (secondary N) is 2. The lowest BCUT2D eigenvalue weighted by molar-refractivity contribution is -0.155. The van der Waals surface area contributed by atoms with Crippen molar-refractivity contribution in [2.45, 2.75) is 50.2 Å². The van der Waals surface area contributed by atoms with Gasteiger partial charge in [-0.1, -0.05) is 60.7 Å². The van der Waals surface area contributed by atoms with Crippen molar-refractivity contribution in [3.05, 3.63) is 71.8 Å². The molecule has 2 aromatic carbocycles. The molecule has 13 heteroatoms. The Hall–Kier alpha value is -5.07. The second-order valence-corrected chi connectivity index (χ2v) is 11.2. The number of nitrogens with zero attached hydrogens (tertiary/aromatic N) is 3. The summed E-state index contributed by atoms with van der Waals surface area (Å²) in [6.07, 6.45) is -0.521. The molecule has 13 nitrogen and oxygen atoms in total. The molecule has 3 fully saturated rings. The number of urea groups is 1. The van der Waals surface area contributed by atoms with Gasteiger partial charge < -0.3 is 19.9 Å². The minimum absolute atomic E-state index is 0.0739. The molecule has 0 saturated carbocycles. The molecule has 3 heterocycles. The number of imide groups is 2. The van der Waals surface area contributed by atoms with Crippen molar-refractivity contribution in [1.29, 1.82) is 0 Å². The summed E-state index contributed by atoms with van der Waals surface area (Å²) in [6.45, 7) is 1.52. The largest absolute Gasteiger partial charge is 0.452 e. The Morgan fingerprint density at radius 1 is 0.756 bits per heavy atom. The van der Waals surface area contributed by atoms with Crippen LogP contribution in [0.4, 0.5) is 4.79 Å². The molecule has 0 aliphatic carbocycles. The van der Waals surface area contributed by atoms with E-state index in [4.69, 9.17) is 4.74 Å². The van der Waals surface area contributed by atoms with Crippen LogP contribution in [0.1, 0.15) is 49.7 Å². The van der Waals surface area contributed by atoms with Crippen LogP contribution in [-0.4, -0.2) is 95.1 Å². The fourth-order valence-electron chi connectivity index (χ4n) is 5.83. The number of hydrogen-bond donors (Lipinski definition) is 2. The maximum absolute atomic E-state index is 13.8. The molecule has 45 heavy (non-hydrogen) atoms. The topological polar surface area (TPSA) is 162 Å². The van der Waals surface area contributed by atoms with Crippen molar-refractivity contribution in [2.24, 2.45) is 0 Å². The third-order valence-corrected chi connectivity index (χ3v) is 8.27. The van der Waals surface area contributed by atoms with Crippen LogP contribution in [0.25, 0.3) is 0 Å². The zero-order valence-electron chi connectivity index (χ0n) is 24.7. The molecule has 236 valence electrons. The van der Waals surface area contributed by atoms with E-state index in [0.29, 0.717) is 50.1 Å². The van der Waals surface area contributed by atoms with Crippen LogP contribution in [-0.2, 0) is 39.0 Å². The van der Waals surface area contributed by atoms with Gasteiger partial charge in [-0.25, -0.2) is 4.79 Å². The van der Waals surface area contributed by atoms with E-state index in [0.717, 1.165) is 0 Å². The van der Waals surface area contributed by atoms with Crippen molar-refractivity contribution in [1.82, 2.24) is 25.3 Å². The molecular formula is C32H35N5O8. The molecule has 2 aromatic rings. The molecule has 0 aromatic heterocycles. The zero-order valence-corrected chi connectivity index (χ0v) is 24.7. The summed E-state index contributed by atoms with van der Waals surface area (Å²) in [5.41, 5.74) is 0.0147. The highest BCUT2D eigenvalue weighted by Crippen LogP contribution is 2.36. The average Bonchev–Trinajstić information content (AvgIpc) is 3.51. The van der Waals surface area contributed by atoms with Gasteiger partial charge in [-0.2, -0.15) is 0 Å². The second-order valence-electron chi connectivity index (χ2n) is 11.2. The number of piperazine rings is 1. The van der Waals surface area contributed by atoms with Crippen LogP contribution in [0, 0.1) is 0 Å². The van der Waals surface area contributed by atoms with E-state index in [1.54, 1.807) is 9.80 Å². The first-order chi connectivity index (χ1) is 21.7. The molecule has 5 rings (SSSR count). The van der Waals surface area contributed by atoms with Gasteiger partial charge >= 0.3 is 12.0 Å². The van der Waals surface area contributed by atoms with Gasteiger partial charge in [-0.15, -0.1) is 0 Å². The summed E-state index contributed by atoms with van der Waals surface area (Å²) >= 11 is 0. The van der Waals surface area contributed by atoms with E-state index < -0.39 is 35.5 Å². The number of esters is 1. The third-order valence-electron chi connectivity index (χ3n) is 8.27. The molecule has 1 unspecified atom stereocenters. The maximum Gasteiger partial charge on any atom is 0.325 e. The van der Waals surface area contributed by atoms with Gasteiger partial charge in [-0.05, 0) is 24.0 Å². The molecule has 0 radical (unpaired) electrons. The number of amides is 7. The lowest BCUT2D eigenvalue weighted by atomic mass is 9.82. The van der Waals surface area contributed by atoms with E-state index >= 15 is 0 Å². The van der Waals surface area contributed by atoms with E-state index in [2.05, 4.69) is 10.6 Å². The summed E-state index contributed by atoms with van der Waals surface area (Å²) in [4.78, 5) is 91.4. The van der Waals surface area contributed by atoms with Crippen LogP contribution in [0.15, 0.2) is 60.7 Å². The van der Waals surface area contributed by atoms with Crippen molar-refractivity contribution >= 4 is 41.5 Å². The zero-order chi connectivity index (χ0) is 32.0. The van der Waals surface area contributed by atoms with E-state index in [9.17, 15) is 33.6 Å². The predicted molar refractivity (Wildman–Crippen MR) is 158 cm³/mol. The van der Waals surface area contributed by atoms with Gasteiger partial charge in [0.2, 0.25) is 17.7 Å². The van der Waals surface area contributed by atoms with Crippen LogP contribution in [0.3, 0.4) is 0 Å². The summed E-state index contributed by atoms with van der Waals surface area (Å²) in [7, 11) is 0. The maximum atomic E-state index is 13.8. The van der Waals surface area contributed by atoms with Crippen LogP contribution in [0.5, 0.6) is 0 Å². The summed E-state index contributed by atoms with van der Waals surface area (Å²) < 4.78 is 4.98. The highest BCUT2D eigenvalue weighted by molar-refractivity contribution is 6.09. The Morgan fingerprint density at radius 2 is 1.31 bits per heavy atom. The molecule has 3 saturated heterocycles. The Bertz CT molecular complexity index is 1430. The van der Waals surface area contributed by atoms with Crippen LogP contribution >= 0.6 is 0 Å². The molecule has 1 atom stereocenters. The van der Waals surface area contributed by atoms with E-state index in [-0.39, 0.29) is 49.9 Å². The smallest absolute Gasteiger partial charge is 0.325 e. The first-order valence-electron chi connectivity index (χ1n) is 15.0. The second kappa shape index (κ2) is 13.7. The Balaban J connectivity index is 1.04. The Kier molecular flexibility index (Phi) is 9.55. The molecular weight excluding hydrogens is 582 g/mol.